The minimum absolute atomic E-state index is 0.118. The maximum atomic E-state index is 12.6. The van der Waals surface area contributed by atoms with Crippen LogP contribution < -0.4 is 10.1 Å². The van der Waals surface area contributed by atoms with Crippen LogP contribution in [0, 0.1) is 5.92 Å². The van der Waals surface area contributed by atoms with Gasteiger partial charge in [-0.25, -0.2) is 4.79 Å². The lowest BCUT2D eigenvalue weighted by Crippen LogP contribution is -2.48. The number of piperidine rings is 1. The van der Waals surface area contributed by atoms with Gasteiger partial charge in [-0.15, -0.1) is 0 Å². The predicted octanol–water partition coefficient (Wildman–Crippen LogP) is 4.04. The number of H-pyrrole nitrogens is 1. The number of rotatable bonds is 3. The van der Waals surface area contributed by atoms with Crippen molar-refractivity contribution < 1.29 is 9.53 Å². The highest BCUT2D eigenvalue weighted by atomic mass is 16.5. The lowest BCUT2D eigenvalue weighted by molar-refractivity contribution is 0.172. The lowest BCUT2D eigenvalue weighted by Gasteiger charge is -2.34. The number of carbonyl (C=O) groups excluding carboxylic acids is 1. The highest BCUT2D eigenvalue weighted by Crippen LogP contribution is 2.33. The predicted molar refractivity (Wildman–Crippen MR) is 106 cm³/mol. The minimum Gasteiger partial charge on any atom is -0.497 e. The Morgan fingerprint density at radius 2 is 1.93 bits per heavy atom. The molecule has 6 heteroatoms. The van der Waals surface area contributed by atoms with E-state index >= 15 is 0 Å². The van der Waals surface area contributed by atoms with Gasteiger partial charge in [0.25, 0.3) is 0 Å². The molecule has 0 spiro atoms. The van der Waals surface area contributed by atoms with E-state index in [9.17, 15) is 4.79 Å². The first-order valence-electron chi connectivity index (χ1n) is 10.2. The van der Waals surface area contributed by atoms with Gasteiger partial charge in [0.1, 0.15) is 5.75 Å². The van der Waals surface area contributed by atoms with Gasteiger partial charge in [-0.2, -0.15) is 5.10 Å². The second-order valence-corrected chi connectivity index (χ2v) is 8.19. The van der Waals surface area contributed by atoms with Crippen LogP contribution in [0.1, 0.15) is 57.1 Å². The average molecular weight is 370 g/mol. The average Bonchev–Trinajstić information content (AvgIpc) is 3.13. The van der Waals surface area contributed by atoms with Gasteiger partial charge in [-0.05, 0) is 56.6 Å². The second kappa shape index (κ2) is 7.79. The Balaban J connectivity index is 1.34. The molecule has 2 heterocycles. The summed E-state index contributed by atoms with van der Waals surface area (Å²) >= 11 is 0. The van der Waals surface area contributed by atoms with Crippen LogP contribution in [0.5, 0.6) is 5.75 Å². The van der Waals surface area contributed by atoms with Gasteiger partial charge in [-0.3, -0.25) is 5.10 Å². The summed E-state index contributed by atoms with van der Waals surface area (Å²) in [6, 6.07) is 6.50. The molecule has 27 heavy (non-hydrogen) atoms. The number of methoxy groups -OCH3 is 1. The van der Waals surface area contributed by atoms with Crippen LogP contribution in [0.15, 0.2) is 18.2 Å². The van der Waals surface area contributed by atoms with Gasteiger partial charge >= 0.3 is 6.03 Å². The fraction of sp³-hybridized carbons (Fsp3) is 0.619. The number of hydrogen-bond donors (Lipinski definition) is 2. The highest BCUT2D eigenvalue weighted by molar-refractivity contribution is 5.83. The summed E-state index contributed by atoms with van der Waals surface area (Å²) in [7, 11) is 1.67. The second-order valence-electron chi connectivity index (χ2n) is 8.19. The monoisotopic (exact) mass is 370 g/mol. The number of aromatic amines is 1. The number of hydrogen-bond acceptors (Lipinski definition) is 3. The molecule has 1 aliphatic heterocycles. The molecule has 2 aliphatic rings. The molecule has 2 fully saturated rings. The van der Waals surface area contributed by atoms with E-state index in [4.69, 9.17) is 4.74 Å². The van der Waals surface area contributed by atoms with Crippen molar-refractivity contribution in [1.82, 2.24) is 20.4 Å². The molecule has 146 valence electrons. The van der Waals surface area contributed by atoms with E-state index in [1.54, 1.807) is 7.11 Å². The van der Waals surface area contributed by atoms with Gasteiger partial charge in [-0.1, -0.05) is 6.92 Å². The van der Waals surface area contributed by atoms with Gasteiger partial charge in [0.15, 0.2) is 0 Å². The molecule has 2 amide bonds. The zero-order chi connectivity index (χ0) is 18.8. The number of aromatic nitrogens is 2. The maximum Gasteiger partial charge on any atom is 0.317 e. The quantitative estimate of drug-likeness (QED) is 0.857. The first kappa shape index (κ1) is 18.1. The van der Waals surface area contributed by atoms with Gasteiger partial charge in [0.2, 0.25) is 0 Å². The summed E-state index contributed by atoms with van der Waals surface area (Å²) < 4.78 is 5.28. The molecule has 2 N–H and O–H groups in total. The number of urea groups is 1. The van der Waals surface area contributed by atoms with E-state index in [2.05, 4.69) is 28.5 Å². The molecule has 0 radical (unpaired) electrons. The Labute approximate surface area is 160 Å². The largest absolute Gasteiger partial charge is 0.497 e. The topological polar surface area (TPSA) is 70.2 Å². The third kappa shape index (κ3) is 3.89. The molecular weight excluding hydrogens is 340 g/mol. The molecule has 6 nitrogen and oxygen atoms in total. The standard InChI is InChI=1S/C21H30N4O2/c1-14-3-5-16(6-4-14)22-21(26)25-11-9-15(10-12-25)20-18-8-7-17(27-2)13-19(18)23-24-20/h7-8,13-16H,3-6,9-12H2,1-2H3,(H,22,26)(H,23,24). The third-order valence-corrected chi connectivity index (χ3v) is 6.33. The number of carbonyl (C=O) groups is 1. The van der Waals surface area contributed by atoms with E-state index in [0.29, 0.717) is 12.0 Å². The summed E-state index contributed by atoms with van der Waals surface area (Å²) in [5.41, 5.74) is 2.13. The van der Waals surface area contributed by atoms with Crippen molar-refractivity contribution in [2.45, 2.75) is 57.4 Å². The Bertz CT molecular complexity index is 787. The fourth-order valence-corrected chi connectivity index (χ4v) is 4.49. The SMILES string of the molecule is COc1ccc2c(C3CCN(C(=O)NC4CCC(C)CC4)CC3)[nH]nc2c1. The zero-order valence-corrected chi connectivity index (χ0v) is 16.3. The molecule has 0 bridgehead atoms. The number of nitrogens with one attached hydrogen (secondary N) is 2. The smallest absolute Gasteiger partial charge is 0.317 e. The summed E-state index contributed by atoms with van der Waals surface area (Å²) in [6.07, 6.45) is 6.63. The first-order chi connectivity index (χ1) is 13.1. The molecule has 2 aromatic rings. The summed E-state index contributed by atoms with van der Waals surface area (Å²) in [5.74, 6) is 2.05. The molecule has 0 atom stereocenters. The van der Waals surface area contributed by atoms with E-state index < -0.39 is 0 Å². The van der Waals surface area contributed by atoms with Crippen molar-refractivity contribution in [2.75, 3.05) is 20.2 Å². The Hall–Kier alpha value is -2.24. The number of likely N-dealkylation sites (tertiary alicyclic amines) is 1. The van der Waals surface area contributed by atoms with Gasteiger partial charge in [0, 0.05) is 42.2 Å². The van der Waals surface area contributed by atoms with E-state index in [0.717, 1.165) is 61.3 Å². The van der Waals surface area contributed by atoms with Crippen molar-refractivity contribution in [3.63, 3.8) is 0 Å². The molecule has 1 aliphatic carbocycles. The van der Waals surface area contributed by atoms with Crippen molar-refractivity contribution in [3.05, 3.63) is 23.9 Å². The van der Waals surface area contributed by atoms with Gasteiger partial charge < -0.3 is 15.0 Å². The van der Waals surface area contributed by atoms with Crippen LogP contribution >= 0.6 is 0 Å². The van der Waals surface area contributed by atoms with Crippen molar-refractivity contribution in [2.24, 2.45) is 5.92 Å². The number of amides is 2. The fourth-order valence-electron chi connectivity index (χ4n) is 4.49. The van der Waals surface area contributed by atoms with E-state index in [1.165, 1.54) is 18.5 Å². The van der Waals surface area contributed by atoms with Crippen LogP contribution in [0.25, 0.3) is 10.9 Å². The summed E-state index contributed by atoms with van der Waals surface area (Å²) in [6.45, 7) is 3.91. The van der Waals surface area contributed by atoms with Crippen LogP contribution in [0.3, 0.4) is 0 Å². The Morgan fingerprint density at radius 1 is 1.19 bits per heavy atom. The normalized spacial score (nSPS) is 24.1. The van der Waals surface area contributed by atoms with Crippen molar-refractivity contribution >= 4 is 16.9 Å². The number of fused-ring (bicyclic) bond motifs is 1. The Morgan fingerprint density at radius 3 is 2.63 bits per heavy atom. The number of nitrogens with zero attached hydrogens (tertiary/aromatic N) is 2. The molecular formula is C21H30N4O2. The lowest BCUT2D eigenvalue weighted by atomic mass is 9.87. The molecule has 1 aromatic heterocycles. The van der Waals surface area contributed by atoms with Crippen LogP contribution in [0.4, 0.5) is 4.79 Å². The minimum atomic E-state index is 0.118. The first-order valence-corrected chi connectivity index (χ1v) is 10.2. The molecule has 1 saturated carbocycles. The Kier molecular flexibility index (Phi) is 5.23. The molecule has 0 unspecified atom stereocenters. The van der Waals surface area contributed by atoms with Gasteiger partial charge in [0.05, 0.1) is 12.6 Å². The maximum absolute atomic E-state index is 12.6. The zero-order valence-electron chi connectivity index (χ0n) is 16.3. The van der Waals surface area contributed by atoms with Crippen molar-refractivity contribution in [3.8, 4) is 5.75 Å². The van der Waals surface area contributed by atoms with Crippen LogP contribution in [0.2, 0.25) is 0 Å². The van der Waals surface area contributed by atoms with E-state index in [-0.39, 0.29) is 6.03 Å². The van der Waals surface area contributed by atoms with Crippen LogP contribution in [-0.4, -0.2) is 47.4 Å². The third-order valence-electron chi connectivity index (χ3n) is 6.33. The molecule has 1 saturated heterocycles. The van der Waals surface area contributed by atoms with Crippen LogP contribution in [-0.2, 0) is 0 Å². The highest BCUT2D eigenvalue weighted by Gasteiger charge is 2.28. The van der Waals surface area contributed by atoms with E-state index in [1.807, 2.05) is 17.0 Å². The van der Waals surface area contributed by atoms with Crippen molar-refractivity contribution in [1.29, 1.82) is 0 Å². The molecule has 4 rings (SSSR count). The molecule has 1 aromatic carbocycles. The number of benzene rings is 1. The number of ether oxygens (including phenoxy) is 1. The summed E-state index contributed by atoms with van der Waals surface area (Å²) in [4.78, 5) is 14.6. The summed E-state index contributed by atoms with van der Waals surface area (Å²) in [5, 5.41) is 12.1.